The van der Waals surface area contributed by atoms with Crippen LogP contribution in [0.25, 0.3) is 0 Å². The van der Waals surface area contributed by atoms with Gasteiger partial charge in [-0.2, -0.15) is 0 Å². The number of rotatable bonds is 11. The minimum atomic E-state index is -4.08. The highest BCUT2D eigenvalue weighted by Gasteiger charge is 2.34. The fourth-order valence-corrected chi connectivity index (χ4v) is 6.01. The highest BCUT2D eigenvalue weighted by atomic mass is 32.2. The van der Waals surface area contributed by atoms with Gasteiger partial charge in [-0.3, -0.25) is 13.9 Å². The molecule has 1 N–H and O–H groups in total. The molecule has 0 aliphatic rings. The second-order valence-corrected chi connectivity index (χ2v) is 12.1. The molecule has 0 saturated heterocycles. The summed E-state index contributed by atoms with van der Waals surface area (Å²) < 4.78 is 29.0. The van der Waals surface area contributed by atoms with Crippen LogP contribution in [0, 0.1) is 20.8 Å². The van der Waals surface area contributed by atoms with E-state index < -0.39 is 28.5 Å². The summed E-state index contributed by atoms with van der Waals surface area (Å²) in [5.41, 5.74) is 4.08. The zero-order chi connectivity index (χ0) is 28.7. The number of hydrogen-bond acceptors (Lipinski definition) is 4. The van der Waals surface area contributed by atoms with Crippen LogP contribution >= 0.6 is 0 Å². The Hall–Kier alpha value is -3.65. The fourth-order valence-electron chi connectivity index (χ4n) is 4.51. The Bertz CT molecular complexity index is 1390. The number of anilines is 1. The van der Waals surface area contributed by atoms with E-state index in [1.54, 1.807) is 24.3 Å². The summed E-state index contributed by atoms with van der Waals surface area (Å²) in [6.07, 6.45) is 0.380. The molecule has 3 aromatic rings. The molecule has 0 unspecified atom stereocenters. The second kappa shape index (κ2) is 12.9. The van der Waals surface area contributed by atoms with Gasteiger partial charge in [-0.05, 0) is 70.4 Å². The molecule has 39 heavy (non-hydrogen) atoms. The van der Waals surface area contributed by atoms with Crippen molar-refractivity contribution in [1.82, 2.24) is 10.2 Å². The lowest BCUT2D eigenvalue weighted by molar-refractivity contribution is -0.140. The Labute approximate surface area is 232 Å². The lowest BCUT2D eigenvalue weighted by Crippen LogP contribution is -2.53. The fraction of sp³-hybridized carbons (Fsp3) is 0.355. The predicted octanol–water partition coefficient (Wildman–Crippen LogP) is 5.14. The van der Waals surface area contributed by atoms with Crippen LogP contribution in [0.1, 0.15) is 49.4 Å². The third kappa shape index (κ3) is 7.47. The molecule has 3 aromatic carbocycles. The van der Waals surface area contributed by atoms with Crippen LogP contribution in [0.2, 0.25) is 0 Å². The van der Waals surface area contributed by atoms with Gasteiger partial charge in [-0.25, -0.2) is 8.42 Å². The average molecular weight is 550 g/mol. The quantitative estimate of drug-likeness (QED) is 0.359. The first-order valence-electron chi connectivity index (χ1n) is 13.2. The van der Waals surface area contributed by atoms with Crippen LogP contribution in [-0.2, 0) is 26.2 Å². The summed E-state index contributed by atoms with van der Waals surface area (Å²) >= 11 is 0. The van der Waals surface area contributed by atoms with E-state index in [-0.39, 0.29) is 23.4 Å². The second-order valence-electron chi connectivity index (χ2n) is 10.2. The normalized spacial score (nSPS) is 12.2. The van der Waals surface area contributed by atoms with Gasteiger partial charge in [0.1, 0.15) is 12.6 Å². The molecule has 1 atom stereocenters. The molecule has 8 heteroatoms. The maximum absolute atomic E-state index is 14.1. The first kappa shape index (κ1) is 29.9. The zero-order valence-corrected chi connectivity index (χ0v) is 24.5. The lowest BCUT2D eigenvalue weighted by Gasteiger charge is -2.34. The van der Waals surface area contributed by atoms with Crippen LogP contribution in [0.15, 0.2) is 77.7 Å². The highest BCUT2D eigenvalue weighted by Crippen LogP contribution is 2.28. The molecule has 7 nitrogen and oxygen atoms in total. The van der Waals surface area contributed by atoms with Gasteiger partial charge in [0.2, 0.25) is 11.8 Å². The van der Waals surface area contributed by atoms with E-state index in [1.807, 2.05) is 77.9 Å². The van der Waals surface area contributed by atoms with Crippen LogP contribution in [0.3, 0.4) is 0 Å². The molecular weight excluding hydrogens is 510 g/mol. The zero-order valence-electron chi connectivity index (χ0n) is 23.6. The van der Waals surface area contributed by atoms with Gasteiger partial charge >= 0.3 is 0 Å². The smallest absolute Gasteiger partial charge is 0.264 e. The number of nitrogens with zero attached hydrogens (tertiary/aromatic N) is 2. The molecule has 0 spiro atoms. The minimum absolute atomic E-state index is 0.0902. The Kier molecular flexibility index (Phi) is 9.92. The third-order valence-electron chi connectivity index (χ3n) is 6.52. The maximum Gasteiger partial charge on any atom is 0.264 e. The standard InChI is InChI=1S/C31H39N3O4S/c1-7-28(31(36)32-22(2)3)33(20-26-16-13-23(4)14-17-26)30(35)21-34(29-18-15-24(5)19-25(29)6)39(37,38)27-11-9-8-10-12-27/h8-19,22,28H,7,20-21H2,1-6H3,(H,32,36)/t28-/m1/s1. The SMILES string of the molecule is CC[C@H](C(=O)NC(C)C)N(Cc1ccc(C)cc1)C(=O)CN(c1ccc(C)cc1C)S(=O)(=O)c1ccccc1. The van der Waals surface area contributed by atoms with E-state index in [4.69, 9.17) is 0 Å². The number of amides is 2. The Balaban J connectivity index is 2.08. The van der Waals surface area contributed by atoms with E-state index in [2.05, 4.69) is 5.32 Å². The van der Waals surface area contributed by atoms with Crippen LogP contribution in [0.5, 0.6) is 0 Å². The predicted molar refractivity (Wildman–Crippen MR) is 156 cm³/mol. The Morgan fingerprint density at radius 1 is 0.872 bits per heavy atom. The summed E-state index contributed by atoms with van der Waals surface area (Å²) in [6, 6.07) is 20.4. The molecule has 0 bridgehead atoms. The molecule has 0 aliphatic heterocycles. The van der Waals surface area contributed by atoms with Crippen molar-refractivity contribution in [3.63, 3.8) is 0 Å². The van der Waals surface area contributed by atoms with E-state index >= 15 is 0 Å². The van der Waals surface area contributed by atoms with Gasteiger partial charge < -0.3 is 10.2 Å². The molecule has 0 heterocycles. The van der Waals surface area contributed by atoms with Crippen molar-refractivity contribution in [2.75, 3.05) is 10.8 Å². The largest absolute Gasteiger partial charge is 0.352 e. The molecule has 0 aliphatic carbocycles. The van der Waals surface area contributed by atoms with E-state index in [1.165, 1.54) is 17.0 Å². The maximum atomic E-state index is 14.1. The first-order chi connectivity index (χ1) is 18.4. The molecule has 0 saturated carbocycles. The summed E-state index contributed by atoms with van der Waals surface area (Å²) in [7, 11) is -4.08. The third-order valence-corrected chi connectivity index (χ3v) is 8.30. The van der Waals surface area contributed by atoms with Crippen LogP contribution < -0.4 is 9.62 Å². The van der Waals surface area contributed by atoms with Gasteiger partial charge in [0, 0.05) is 12.6 Å². The van der Waals surface area contributed by atoms with Crippen molar-refractivity contribution in [3.05, 3.63) is 95.1 Å². The van der Waals surface area contributed by atoms with Crippen molar-refractivity contribution < 1.29 is 18.0 Å². The number of aryl methyl sites for hydroxylation is 3. The number of sulfonamides is 1. The van der Waals surface area contributed by atoms with Crippen molar-refractivity contribution in [3.8, 4) is 0 Å². The topological polar surface area (TPSA) is 86.8 Å². The molecular formula is C31H39N3O4S. The van der Waals surface area contributed by atoms with Crippen molar-refractivity contribution in [1.29, 1.82) is 0 Å². The van der Waals surface area contributed by atoms with Crippen LogP contribution in [0.4, 0.5) is 5.69 Å². The molecule has 0 aromatic heterocycles. The van der Waals surface area contributed by atoms with Crippen LogP contribution in [-0.4, -0.2) is 43.8 Å². The van der Waals surface area contributed by atoms with Crippen molar-refractivity contribution in [2.24, 2.45) is 0 Å². The van der Waals surface area contributed by atoms with Crippen molar-refractivity contribution >= 4 is 27.5 Å². The van der Waals surface area contributed by atoms with Gasteiger partial charge in [-0.15, -0.1) is 0 Å². The molecule has 208 valence electrons. The number of carbonyl (C=O) groups is 2. The van der Waals surface area contributed by atoms with Gasteiger partial charge in [0.15, 0.2) is 0 Å². The molecule has 0 radical (unpaired) electrons. The first-order valence-corrected chi connectivity index (χ1v) is 14.7. The average Bonchev–Trinajstić information content (AvgIpc) is 2.88. The van der Waals surface area contributed by atoms with Crippen molar-refractivity contribution in [2.45, 2.75) is 71.5 Å². The minimum Gasteiger partial charge on any atom is -0.352 e. The van der Waals surface area contributed by atoms with Gasteiger partial charge in [-0.1, -0.05) is 72.6 Å². The number of nitrogens with one attached hydrogen (secondary N) is 1. The Morgan fingerprint density at radius 2 is 1.49 bits per heavy atom. The highest BCUT2D eigenvalue weighted by molar-refractivity contribution is 7.92. The monoisotopic (exact) mass is 549 g/mol. The number of carbonyl (C=O) groups excluding carboxylic acids is 2. The summed E-state index contributed by atoms with van der Waals surface area (Å²) in [5.74, 6) is -0.724. The van der Waals surface area contributed by atoms with E-state index in [0.717, 1.165) is 26.6 Å². The molecule has 3 rings (SSSR count). The summed E-state index contributed by atoms with van der Waals surface area (Å²) in [5, 5.41) is 2.92. The van der Waals surface area contributed by atoms with E-state index in [9.17, 15) is 18.0 Å². The molecule has 0 fully saturated rings. The summed E-state index contributed by atoms with van der Waals surface area (Å²) in [4.78, 5) is 28.9. The Morgan fingerprint density at radius 3 is 2.05 bits per heavy atom. The number of hydrogen-bond donors (Lipinski definition) is 1. The number of benzene rings is 3. The summed E-state index contributed by atoms with van der Waals surface area (Å²) in [6.45, 7) is 11.1. The van der Waals surface area contributed by atoms with Gasteiger partial charge in [0.05, 0.1) is 10.6 Å². The lowest BCUT2D eigenvalue weighted by atomic mass is 10.1. The van der Waals surface area contributed by atoms with Gasteiger partial charge in [0.25, 0.3) is 10.0 Å². The van der Waals surface area contributed by atoms with E-state index in [0.29, 0.717) is 12.1 Å². The molecule has 2 amide bonds.